The molecule has 1 N–H and O–H groups in total. The van der Waals surface area contributed by atoms with Crippen molar-refractivity contribution in [2.24, 2.45) is 18.9 Å². The topological polar surface area (TPSA) is 63.1 Å². The van der Waals surface area contributed by atoms with E-state index < -0.39 is 6.17 Å². The van der Waals surface area contributed by atoms with Crippen molar-refractivity contribution in [1.82, 2.24) is 19.4 Å². The lowest BCUT2D eigenvalue weighted by Crippen LogP contribution is -2.50. The van der Waals surface area contributed by atoms with Crippen LogP contribution in [0.3, 0.4) is 0 Å². The molecule has 1 aliphatic heterocycles. The summed E-state index contributed by atoms with van der Waals surface area (Å²) in [6.45, 7) is 2.13. The van der Waals surface area contributed by atoms with Crippen LogP contribution < -0.4 is 5.32 Å². The van der Waals surface area contributed by atoms with Gasteiger partial charge >= 0.3 is 0 Å². The minimum Gasteiger partial charge on any atom is -0.334 e. The number of carbonyl (C=O) groups excluding carboxylic acids is 1. The van der Waals surface area contributed by atoms with Gasteiger partial charge in [-0.2, -0.15) is 0 Å². The van der Waals surface area contributed by atoms with E-state index in [-0.39, 0.29) is 11.8 Å². The molecule has 7 heteroatoms. The van der Waals surface area contributed by atoms with Crippen LogP contribution in [0.4, 0.5) is 10.2 Å². The number of halogens is 1. The second kappa shape index (κ2) is 8.38. The molecule has 0 bridgehead atoms. The number of amides is 1. The number of fused-ring (bicyclic) bond motifs is 1. The van der Waals surface area contributed by atoms with E-state index in [1.54, 1.807) is 12.5 Å². The first-order valence-electron chi connectivity index (χ1n) is 11.1. The van der Waals surface area contributed by atoms with Gasteiger partial charge in [0.1, 0.15) is 12.0 Å². The van der Waals surface area contributed by atoms with Crippen LogP contribution in [0.1, 0.15) is 25.7 Å². The molecule has 1 aliphatic carbocycles. The first-order chi connectivity index (χ1) is 15.0. The Morgan fingerprint density at radius 1 is 1.13 bits per heavy atom. The second-order valence-corrected chi connectivity index (χ2v) is 9.04. The van der Waals surface area contributed by atoms with Crippen molar-refractivity contribution in [2.45, 2.75) is 31.9 Å². The Bertz CT molecular complexity index is 1080. The Labute approximate surface area is 181 Å². The van der Waals surface area contributed by atoms with Gasteiger partial charge in [0.25, 0.3) is 0 Å². The highest BCUT2D eigenvalue weighted by Gasteiger charge is 2.31. The number of nitrogens with one attached hydrogen (secondary N) is 1. The summed E-state index contributed by atoms with van der Waals surface area (Å²) in [7, 11) is 1.97. The summed E-state index contributed by atoms with van der Waals surface area (Å²) in [5.74, 6) is 1.26. The fraction of sp³-hybridized carbons (Fsp3) is 0.458. The molecule has 2 fully saturated rings. The first-order valence-corrected chi connectivity index (χ1v) is 11.1. The zero-order valence-corrected chi connectivity index (χ0v) is 17.8. The van der Waals surface area contributed by atoms with E-state index in [1.807, 2.05) is 29.9 Å². The first kappa shape index (κ1) is 20.1. The maximum Gasteiger partial charge on any atom is 0.228 e. The highest BCUT2D eigenvalue weighted by Crippen LogP contribution is 2.31. The van der Waals surface area contributed by atoms with E-state index in [4.69, 9.17) is 0 Å². The van der Waals surface area contributed by atoms with Crippen molar-refractivity contribution in [3.05, 3.63) is 43.0 Å². The second-order valence-electron chi connectivity index (χ2n) is 9.04. The summed E-state index contributed by atoms with van der Waals surface area (Å²) in [5, 5.41) is 5.09. The molecule has 3 aromatic rings. The van der Waals surface area contributed by atoms with Gasteiger partial charge in [-0.05, 0) is 49.1 Å². The van der Waals surface area contributed by atoms with E-state index in [9.17, 15) is 9.18 Å². The Morgan fingerprint density at radius 2 is 1.94 bits per heavy atom. The molecule has 2 aliphatic rings. The summed E-state index contributed by atoms with van der Waals surface area (Å²) in [6, 6.07) is 8.15. The summed E-state index contributed by atoms with van der Waals surface area (Å²) >= 11 is 0. The predicted octanol–water partition coefficient (Wildman–Crippen LogP) is 4.03. The highest BCUT2D eigenvalue weighted by atomic mass is 19.1. The van der Waals surface area contributed by atoms with Crippen LogP contribution in [0.2, 0.25) is 0 Å². The Hall–Kier alpha value is -2.80. The van der Waals surface area contributed by atoms with Crippen molar-refractivity contribution in [3.8, 4) is 11.3 Å². The number of pyridine rings is 1. The van der Waals surface area contributed by atoms with Gasteiger partial charge in [0.2, 0.25) is 5.91 Å². The van der Waals surface area contributed by atoms with Gasteiger partial charge in [0.05, 0.1) is 18.2 Å². The van der Waals surface area contributed by atoms with Gasteiger partial charge in [-0.25, -0.2) is 14.4 Å². The molecule has 2 aromatic heterocycles. The van der Waals surface area contributed by atoms with Crippen LogP contribution in [0, 0.1) is 11.8 Å². The molecule has 5 rings (SSSR count). The molecule has 31 heavy (non-hydrogen) atoms. The van der Waals surface area contributed by atoms with Crippen molar-refractivity contribution < 1.29 is 9.18 Å². The van der Waals surface area contributed by atoms with E-state index >= 15 is 0 Å². The van der Waals surface area contributed by atoms with Gasteiger partial charge in [-0.15, -0.1) is 0 Å². The normalized spacial score (nSPS) is 22.4. The monoisotopic (exact) mass is 421 g/mol. The van der Waals surface area contributed by atoms with Crippen LogP contribution >= 0.6 is 0 Å². The predicted molar refractivity (Wildman–Crippen MR) is 119 cm³/mol. The van der Waals surface area contributed by atoms with Crippen LogP contribution in [0.5, 0.6) is 0 Å². The number of anilines is 1. The average Bonchev–Trinajstić information content (AvgIpc) is 3.18. The van der Waals surface area contributed by atoms with E-state index in [0.29, 0.717) is 24.8 Å². The largest absolute Gasteiger partial charge is 0.334 e. The average molecular weight is 422 g/mol. The van der Waals surface area contributed by atoms with E-state index in [1.165, 1.54) is 0 Å². The quantitative estimate of drug-likeness (QED) is 0.676. The van der Waals surface area contributed by atoms with E-state index in [2.05, 4.69) is 32.3 Å². The molecule has 3 heterocycles. The van der Waals surface area contributed by atoms with Gasteiger partial charge in [0, 0.05) is 49.7 Å². The molecule has 1 amide bonds. The number of hydrogen-bond acceptors (Lipinski definition) is 4. The number of alkyl halides is 1. The number of aromatic nitrogens is 3. The zero-order valence-electron chi connectivity index (χ0n) is 17.8. The molecule has 1 aromatic carbocycles. The summed E-state index contributed by atoms with van der Waals surface area (Å²) in [6.07, 6.45) is 8.64. The third kappa shape index (κ3) is 4.32. The summed E-state index contributed by atoms with van der Waals surface area (Å²) < 4.78 is 15.0. The summed E-state index contributed by atoms with van der Waals surface area (Å²) in [5.41, 5.74) is 2.12. The van der Waals surface area contributed by atoms with Crippen LogP contribution in [-0.2, 0) is 11.8 Å². The maximum atomic E-state index is 13.0. The number of rotatable bonds is 5. The van der Waals surface area contributed by atoms with Gasteiger partial charge < -0.3 is 9.88 Å². The zero-order chi connectivity index (χ0) is 21.4. The molecule has 1 saturated heterocycles. The number of imidazole rings is 1. The lowest BCUT2D eigenvalue weighted by atomic mass is 9.81. The smallest absolute Gasteiger partial charge is 0.228 e. The molecule has 1 saturated carbocycles. The van der Waals surface area contributed by atoms with Gasteiger partial charge in [-0.3, -0.25) is 9.69 Å². The van der Waals surface area contributed by atoms with E-state index in [0.717, 1.165) is 54.3 Å². The number of benzene rings is 1. The molecular weight excluding hydrogens is 393 g/mol. The maximum absolute atomic E-state index is 13.0. The van der Waals surface area contributed by atoms with Crippen LogP contribution in [0.25, 0.3) is 22.0 Å². The molecule has 0 atom stereocenters. The molecule has 0 unspecified atom stereocenters. The highest BCUT2D eigenvalue weighted by molar-refractivity contribution is 5.95. The number of aryl methyl sites for hydroxylation is 1. The Balaban J connectivity index is 1.22. The Kier molecular flexibility index (Phi) is 5.44. The lowest BCUT2D eigenvalue weighted by Gasteiger charge is -2.38. The van der Waals surface area contributed by atoms with Crippen LogP contribution in [-0.4, -0.2) is 51.1 Å². The molecule has 0 spiro atoms. The van der Waals surface area contributed by atoms with Gasteiger partial charge in [-0.1, -0.05) is 12.1 Å². The van der Waals surface area contributed by atoms with Crippen molar-refractivity contribution >= 4 is 22.5 Å². The third-order valence-corrected chi connectivity index (χ3v) is 6.73. The van der Waals surface area contributed by atoms with Crippen molar-refractivity contribution in [3.63, 3.8) is 0 Å². The van der Waals surface area contributed by atoms with Crippen LogP contribution in [0.15, 0.2) is 43.0 Å². The molecule has 162 valence electrons. The molecule has 6 nitrogen and oxygen atoms in total. The van der Waals surface area contributed by atoms with Gasteiger partial charge in [0.15, 0.2) is 0 Å². The molecular formula is C24H28FN5O. The fourth-order valence-electron chi connectivity index (χ4n) is 4.86. The Morgan fingerprint density at radius 3 is 2.65 bits per heavy atom. The lowest BCUT2D eigenvalue weighted by molar-refractivity contribution is -0.121. The number of hydrogen-bond donors (Lipinski definition) is 1. The minimum atomic E-state index is -0.642. The SMILES string of the molecule is Cn1cncc1-c1ccc2cnc(NC(=O)[C@H]3CC[C@H](CN4CC(F)C4)CC3)cc2c1. The third-order valence-electron chi connectivity index (χ3n) is 6.73. The number of carbonyl (C=O) groups is 1. The van der Waals surface area contributed by atoms with Crippen molar-refractivity contribution in [1.29, 1.82) is 0 Å². The number of nitrogens with zero attached hydrogens (tertiary/aromatic N) is 4. The fourth-order valence-corrected chi connectivity index (χ4v) is 4.86. The summed E-state index contributed by atoms with van der Waals surface area (Å²) in [4.78, 5) is 23.6. The van der Waals surface area contributed by atoms with Crippen molar-refractivity contribution in [2.75, 3.05) is 25.0 Å². The minimum absolute atomic E-state index is 0.0276. The number of likely N-dealkylation sites (tertiary alicyclic amines) is 1. The standard InChI is InChI=1S/C24H28FN5O/c1-29-15-26-11-22(29)18-6-7-19-10-27-23(9-20(19)8-18)28-24(31)17-4-2-16(3-5-17)12-30-13-21(25)14-30/h6-11,15-17,21H,2-5,12-14H2,1H3,(H,27,28,31)/t16-,17-. The molecule has 0 radical (unpaired) electrons.